The molecule has 1 N–H and O–H groups in total. The molecular formula is C17H16ClN5O2. The largest absolute Gasteiger partial charge is 0.423 e. The molecule has 0 bridgehead atoms. The molecule has 1 fully saturated rings. The predicted octanol–water partition coefficient (Wildman–Crippen LogP) is 2.67. The molecule has 3 aromatic rings. The second-order valence-corrected chi connectivity index (χ2v) is 6.39. The molecule has 7 nitrogen and oxygen atoms in total. The molecule has 0 spiro atoms. The second kappa shape index (κ2) is 6.68. The Morgan fingerprint density at radius 2 is 2.28 bits per heavy atom. The van der Waals surface area contributed by atoms with Crippen molar-refractivity contribution >= 4 is 34.6 Å². The fourth-order valence-corrected chi connectivity index (χ4v) is 3.13. The first-order valence-corrected chi connectivity index (χ1v) is 8.45. The SMILES string of the molecule is O=C(NC1CCCN(c2nc3cc(Cl)ccc3o2)C1)c1cnccn1. The van der Waals surface area contributed by atoms with Gasteiger partial charge in [-0.3, -0.25) is 9.78 Å². The first kappa shape index (κ1) is 15.8. The fraction of sp³-hybridized carbons (Fsp3) is 0.294. The van der Waals surface area contributed by atoms with Crippen LogP contribution in [0.15, 0.2) is 41.2 Å². The van der Waals surface area contributed by atoms with Gasteiger partial charge in [0.2, 0.25) is 0 Å². The zero-order chi connectivity index (χ0) is 17.2. The molecule has 8 heteroatoms. The number of amides is 1. The van der Waals surface area contributed by atoms with Crippen LogP contribution < -0.4 is 10.2 Å². The van der Waals surface area contributed by atoms with E-state index in [0.717, 1.165) is 24.9 Å². The summed E-state index contributed by atoms with van der Waals surface area (Å²) in [4.78, 5) is 26.7. The van der Waals surface area contributed by atoms with Crippen LogP contribution in [0.3, 0.4) is 0 Å². The molecule has 0 saturated carbocycles. The maximum atomic E-state index is 12.2. The minimum atomic E-state index is -0.218. The number of aromatic nitrogens is 3. The van der Waals surface area contributed by atoms with Crippen LogP contribution in [-0.2, 0) is 0 Å². The molecule has 25 heavy (non-hydrogen) atoms. The fourth-order valence-electron chi connectivity index (χ4n) is 2.97. The van der Waals surface area contributed by atoms with E-state index in [9.17, 15) is 4.79 Å². The summed E-state index contributed by atoms with van der Waals surface area (Å²) in [5, 5.41) is 3.63. The van der Waals surface area contributed by atoms with Crippen molar-refractivity contribution in [2.45, 2.75) is 18.9 Å². The summed E-state index contributed by atoms with van der Waals surface area (Å²) >= 11 is 6.00. The van der Waals surface area contributed by atoms with Crippen LogP contribution in [0.4, 0.5) is 6.01 Å². The number of benzene rings is 1. The first-order chi connectivity index (χ1) is 12.2. The van der Waals surface area contributed by atoms with Gasteiger partial charge in [0.05, 0.1) is 6.20 Å². The van der Waals surface area contributed by atoms with Crippen LogP contribution in [0.25, 0.3) is 11.1 Å². The van der Waals surface area contributed by atoms with Crippen molar-refractivity contribution in [2.24, 2.45) is 0 Å². The van der Waals surface area contributed by atoms with Crippen LogP contribution in [-0.4, -0.2) is 40.0 Å². The van der Waals surface area contributed by atoms with Crippen LogP contribution in [0.5, 0.6) is 0 Å². The first-order valence-electron chi connectivity index (χ1n) is 8.07. The molecule has 1 aliphatic heterocycles. The Balaban J connectivity index is 1.47. The maximum Gasteiger partial charge on any atom is 0.298 e. The lowest BCUT2D eigenvalue weighted by Gasteiger charge is -2.31. The van der Waals surface area contributed by atoms with Gasteiger partial charge in [-0.1, -0.05) is 11.6 Å². The number of carbonyl (C=O) groups is 1. The Labute approximate surface area is 149 Å². The Morgan fingerprint density at radius 3 is 3.12 bits per heavy atom. The lowest BCUT2D eigenvalue weighted by molar-refractivity contribution is 0.0927. The van der Waals surface area contributed by atoms with E-state index in [1.807, 2.05) is 11.0 Å². The van der Waals surface area contributed by atoms with Gasteiger partial charge in [-0.15, -0.1) is 0 Å². The van der Waals surface area contributed by atoms with Crippen molar-refractivity contribution in [1.82, 2.24) is 20.3 Å². The number of halogens is 1. The van der Waals surface area contributed by atoms with Gasteiger partial charge in [-0.2, -0.15) is 4.98 Å². The topological polar surface area (TPSA) is 84.2 Å². The maximum absolute atomic E-state index is 12.2. The van der Waals surface area contributed by atoms with E-state index >= 15 is 0 Å². The summed E-state index contributed by atoms with van der Waals surface area (Å²) in [5.74, 6) is -0.218. The Morgan fingerprint density at radius 1 is 1.36 bits per heavy atom. The molecule has 1 unspecified atom stereocenters. The van der Waals surface area contributed by atoms with E-state index in [0.29, 0.717) is 28.9 Å². The molecule has 1 aromatic carbocycles. The van der Waals surface area contributed by atoms with E-state index in [1.165, 1.54) is 12.4 Å². The van der Waals surface area contributed by atoms with Crippen molar-refractivity contribution in [3.05, 3.63) is 47.5 Å². The lowest BCUT2D eigenvalue weighted by atomic mass is 10.1. The molecule has 2 aromatic heterocycles. The zero-order valence-electron chi connectivity index (χ0n) is 13.4. The lowest BCUT2D eigenvalue weighted by Crippen LogP contribution is -2.48. The van der Waals surface area contributed by atoms with Crippen molar-refractivity contribution in [1.29, 1.82) is 0 Å². The molecule has 0 radical (unpaired) electrons. The van der Waals surface area contributed by atoms with Gasteiger partial charge < -0.3 is 14.6 Å². The molecule has 1 amide bonds. The molecule has 128 valence electrons. The van der Waals surface area contributed by atoms with Gasteiger partial charge in [0.1, 0.15) is 11.2 Å². The average Bonchev–Trinajstić information content (AvgIpc) is 3.06. The molecular weight excluding hydrogens is 342 g/mol. The number of hydrogen-bond donors (Lipinski definition) is 1. The summed E-state index contributed by atoms with van der Waals surface area (Å²) in [6, 6.07) is 5.92. The Hall–Kier alpha value is -2.67. The minimum Gasteiger partial charge on any atom is -0.423 e. The number of oxazole rings is 1. The highest BCUT2D eigenvalue weighted by Crippen LogP contribution is 2.26. The summed E-state index contributed by atoms with van der Waals surface area (Å²) in [6.07, 6.45) is 6.34. The van der Waals surface area contributed by atoms with E-state index < -0.39 is 0 Å². The van der Waals surface area contributed by atoms with E-state index in [4.69, 9.17) is 16.0 Å². The summed E-state index contributed by atoms with van der Waals surface area (Å²) in [7, 11) is 0. The smallest absolute Gasteiger partial charge is 0.298 e. The average molecular weight is 358 g/mol. The normalized spacial score (nSPS) is 17.6. The summed E-state index contributed by atoms with van der Waals surface area (Å²) in [5.41, 5.74) is 1.74. The molecule has 1 atom stereocenters. The number of carbonyl (C=O) groups excluding carboxylic acids is 1. The third-order valence-electron chi connectivity index (χ3n) is 4.16. The van der Waals surface area contributed by atoms with Gasteiger partial charge in [-0.25, -0.2) is 4.98 Å². The second-order valence-electron chi connectivity index (χ2n) is 5.96. The van der Waals surface area contributed by atoms with Crippen LogP contribution in [0.2, 0.25) is 5.02 Å². The number of rotatable bonds is 3. The number of fused-ring (bicyclic) bond motifs is 1. The summed E-state index contributed by atoms with van der Waals surface area (Å²) in [6.45, 7) is 1.46. The third kappa shape index (κ3) is 3.41. The third-order valence-corrected chi connectivity index (χ3v) is 4.40. The number of piperidine rings is 1. The highest BCUT2D eigenvalue weighted by atomic mass is 35.5. The monoisotopic (exact) mass is 357 g/mol. The predicted molar refractivity (Wildman–Crippen MR) is 93.8 cm³/mol. The number of nitrogens with zero attached hydrogens (tertiary/aromatic N) is 4. The van der Waals surface area contributed by atoms with Crippen LogP contribution in [0, 0.1) is 0 Å². The van der Waals surface area contributed by atoms with Gasteiger partial charge in [0.15, 0.2) is 5.58 Å². The molecule has 0 aliphatic carbocycles. The molecule has 1 saturated heterocycles. The quantitative estimate of drug-likeness (QED) is 0.775. The van der Waals surface area contributed by atoms with Gasteiger partial charge in [0.25, 0.3) is 11.9 Å². The van der Waals surface area contributed by atoms with E-state index in [1.54, 1.807) is 18.3 Å². The van der Waals surface area contributed by atoms with Gasteiger partial charge >= 0.3 is 0 Å². The number of anilines is 1. The molecule has 4 rings (SSSR count). The van der Waals surface area contributed by atoms with Crippen molar-refractivity contribution < 1.29 is 9.21 Å². The van der Waals surface area contributed by atoms with Crippen molar-refractivity contribution in [3.63, 3.8) is 0 Å². The zero-order valence-corrected chi connectivity index (χ0v) is 14.1. The summed E-state index contributed by atoms with van der Waals surface area (Å²) < 4.78 is 5.82. The van der Waals surface area contributed by atoms with Crippen LogP contribution in [0.1, 0.15) is 23.3 Å². The number of hydrogen-bond acceptors (Lipinski definition) is 6. The van der Waals surface area contributed by atoms with E-state index in [2.05, 4.69) is 20.3 Å². The Kier molecular flexibility index (Phi) is 4.23. The van der Waals surface area contributed by atoms with Crippen molar-refractivity contribution in [2.75, 3.05) is 18.0 Å². The molecule has 1 aliphatic rings. The van der Waals surface area contributed by atoms with Gasteiger partial charge in [-0.05, 0) is 31.0 Å². The highest BCUT2D eigenvalue weighted by Gasteiger charge is 2.25. The number of nitrogens with one attached hydrogen (secondary N) is 1. The van der Waals surface area contributed by atoms with Crippen molar-refractivity contribution in [3.8, 4) is 0 Å². The standard InChI is InChI=1S/C17H16ClN5O2/c18-11-3-4-15-13(8-11)22-17(25-15)23-7-1-2-12(10-23)21-16(24)14-9-19-5-6-20-14/h3-6,8-9,12H,1-2,7,10H2,(H,21,24). The highest BCUT2D eigenvalue weighted by molar-refractivity contribution is 6.31. The minimum absolute atomic E-state index is 0.00172. The van der Waals surface area contributed by atoms with E-state index in [-0.39, 0.29) is 11.9 Å². The molecule has 3 heterocycles. The van der Waals surface area contributed by atoms with Gasteiger partial charge in [0, 0.05) is 36.5 Å². The van der Waals surface area contributed by atoms with Crippen LogP contribution >= 0.6 is 11.6 Å². The Bertz CT molecular complexity index is 898.